The molecule has 100 valence electrons. The molecule has 2 N–H and O–H groups in total. The fourth-order valence-corrected chi connectivity index (χ4v) is 1.81. The van der Waals surface area contributed by atoms with Gasteiger partial charge >= 0.3 is 0 Å². The summed E-state index contributed by atoms with van der Waals surface area (Å²) >= 11 is 0. The number of amides is 1. The van der Waals surface area contributed by atoms with Gasteiger partial charge in [-0.2, -0.15) is 0 Å². The van der Waals surface area contributed by atoms with Crippen molar-refractivity contribution in [2.75, 3.05) is 13.1 Å². The molecule has 0 aliphatic carbocycles. The Morgan fingerprint density at radius 1 is 1.44 bits per heavy atom. The number of halogens is 1. The quantitative estimate of drug-likeness (QED) is 0.874. The predicted octanol–water partition coefficient (Wildman–Crippen LogP) is 2.33. The highest BCUT2D eigenvalue weighted by Gasteiger charge is 2.21. The minimum atomic E-state index is -0.469. The average molecular weight is 252 g/mol. The predicted molar refractivity (Wildman–Crippen MR) is 71.0 cm³/mol. The minimum Gasteiger partial charge on any atom is -0.336 e. The SMILES string of the molecule is Cc1ccc(F)c(C(=O)N(CCCN)C(C)C)c1. The molecule has 1 aromatic rings. The van der Waals surface area contributed by atoms with E-state index in [9.17, 15) is 9.18 Å². The average Bonchev–Trinajstić information content (AvgIpc) is 2.32. The van der Waals surface area contributed by atoms with E-state index in [-0.39, 0.29) is 17.5 Å². The lowest BCUT2D eigenvalue weighted by Crippen LogP contribution is -2.38. The standard InChI is InChI=1S/C14H21FN2O/c1-10(2)17(8-4-7-16)14(18)12-9-11(3)5-6-13(12)15/h5-6,9-10H,4,7-8,16H2,1-3H3. The van der Waals surface area contributed by atoms with Crippen molar-refractivity contribution in [3.8, 4) is 0 Å². The van der Waals surface area contributed by atoms with E-state index < -0.39 is 5.82 Å². The van der Waals surface area contributed by atoms with Gasteiger partial charge in [0.1, 0.15) is 5.82 Å². The van der Waals surface area contributed by atoms with Crippen LogP contribution in [0.2, 0.25) is 0 Å². The van der Waals surface area contributed by atoms with E-state index in [1.165, 1.54) is 6.07 Å². The lowest BCUT2D eigenvalue weighted by Gasteiger charge is -2.27. The number of rotatable bonds is 5. The van der Waals surface area contributed by atoms with E-state index >= 15 is 0 Å². The summed E-state index contributed by atoms with van der Waals surface area (Å²) in [7, 11) is 0. The van der Waals surface area contributed by atoms with Crippen LogP contribution < -0.4 is 5.73 Å². The highest BCUT2D eigenvalue weighted by Crippen LogP contribution is 2.14. The van der Waals surface area contributed by atoms with Gasteiger partial charge in [-0.05, 0) is 45.9 Å². The molecule has 0 aliphatic rings. The van der Waals surface area contributed by atoms with Gasteiger partial charge in [0.05, 0.1) is 5.56 Å². The molecule has 1 aromatic carbocycles. The van der Waals surface area contributed by atoms with Crippen molar-refractivity contribution in [2.45, 2.75) is 33.2 Å². The molecule has 0 unspecified atom stereocenters. The first kappa shape index (κ1) is 14.6. The van der Waals surface area contributed by atoms with Crippen LogP contribution in [0.3, 0.4) is 0 Å². The first-order chi connectivity index (χ1) is 8.47. The molecular weight excluding hydrogens is 231 g/mol. The Morgan fingerprint density at radius 2 is 2.11 bits per heavy atom. The lowest BCUT2D eigenvalue weighted by molar-refractivity contribution is 0.0700. The van der Waals surface area contributed by atoms with Crippen LogP contribution in [-0.4, -0.2) is 29.9 Å². The molecule has 0 radical (unpaired) electrons. The van der Waals surface area contributed by atoms with Crippen LogP contribution in [-0.2, 0) is 0 Å². The van der Waals surface area contributed by atoms with Gasteiger partial charge in [-0.3, -0.25) is 4.79 Å². The molecule has 3 nitrogen and oxygen atoms in total. The highest BCUT2D eigenvalue weighted by atomic mass is 19.1. The van der Waals surface area contributed by atoms with Gasteiger partial charge in [0, 0.05) is 12.6 Å². The highest BCUT2D eigenvalue weighted by molar-refractivity contribution is 5.94. The molecule has 0 saturated carbocycles. The number of aryl methyl sites for hydroxylation is 1. The van der Waals surface area contributed by atoms with Crippen molar-refractivity contribution in [2.24, 2.45) is 5.73 Å². The Hall–Kier alpha value is -1.42. The molecule has 0 aliphatic heterocycles. The molecule has 0 heterocycles. The van der Waals surface area contributed by atoms with Crippen LogP contribution in [0.4, 0.5) is 4.39 Å². The lowest BCUT2D eigenvalue weighted by atomic mass is 10.1. The number of carbonyl (C=O) groups excluding carboxylic acids is 1. The summed E-state index contributed by atoms with van der Waals surface area (Å²) in [6.45, 7) is 6.76. The number of benzene rings is 1. The molecule has 1 rings (SSSR count). The number of hydrogen-bond donors (Lipinski definition) is 1. The largest absolute Gasteiger partial charge is 0.336 e. The number of nitrogens with zero attached hydrogens (tertiary/aromatic N) is 1. The fourth-order valence-electron chi connectivity index (χ4n) is 1.81. The van der Waals surface area contributed by atoms with Gasteiger partial charge in [-0.25, -0.2) is 4.39 Å². The van der Waals surface area contributed by atoms with Crippen LogP contribution in [0.15, 0.2) is 18.2 Å². The molecule has 0 saturated heterocycles. The third-order valence-corrected chi connectivity index (χ3v) is 2.84. The number of nitrogens with two attached hydrogens (primary N) is 1. The van der Waals surface area contributed by atoms with Crippen molar-refractivity contribution < 1.29 is 9.18 Å². The van der Waals surface area contributed by atoms with Crippen molar-refractivity contribution in [3.05, 3.63) is 35.1 Å². The monoisotopic (exact) mass is 252 g/mol. The molecule has 0 fully saturated rings. The van der Waals surface area contributed by atoms with Gasteiger partial charge in [-0.15, -0.1) is 0 Å². The molecular formula is C14H21FN2O. The summed E-state index contributed by atoms with van der Waals surface area (Å²) in [4.78, 5) is 14.0. The van der Waals surface area contributed by atoms with Gasteiger partial charge in [0.25, 0.3) is 5.91 Å². The summed E-state index contributed by atoms with van der Waals surface area (Å²) in [6, 6.07) is 4.62. The number of carbonyl (C=O) groups is 1. The summed E-state index contributed by atoms with van der Waals surface area (Å²) in [5.41, 5.74) is 6.47. The van der Waals surface area contributed by atoms with Crippen LogP contribution >= 0.6 is 0 Å². The Bertz CT molecular complexity index is 418. The van der Waals surface area contributed by atoms with E-state index in [2.05, 4.69) is 0 Å². The van der Waals surface area contributed by atoms with Crippen LogP contribution in [0.5, 0.6) is 0 Å². The maximum atomic E-state index is 13.7. The second-order valence-corrected chi connectivity index (χ2v) is 4.72. The van der Waals surface area contributed by atoms with Crippen LogP contribution in [0, 0.1) is 12.7 Å². The molecule has 0 aromatic heterocycles. The van der Waals surface area contributed by atoms with Gasteiger partial charge in [-0.1, -0.05) is 11.6 Å². The van der Waals surface area contributed by atoms with E-state index in [1.54, 1.807) is 17.0 Å². The van der Waals surface area contributed by atoms with Crippen molar-refractivity contribution in [1.29, 1.82) is 0 Å². The Kier molecular flexibility index (Phi) is 5.28. The summed E-state index contributed by atoms with van der Waals surface area (Å²) < 4.78 is 13.7. The normalized spacial score (nSPS) is 10.8. The zero-order chi connectivity index (χ0) is 13.7. The fraction of sp³-hybridized carbons (Fsp3) is 0.500. The first-order valence-corrected chi connectivity index (χ1v) is 6.24. The summed E-state index contributed by atoms with van der Waals surface area (Å²) in [5.74, 6) is -0.733. The molecule has 0 spiro atoms. The smallest absolute Gasteiger partial charge is 0.257 e. The van der Waals surface area contributed by atoms with E-state index in [4.69, 9.17) is 5.73 Å². The molecule has 18 heavy (non-hydrogen) atoms. The van der Waals surface area contributed by atoms with E-state index in [0.29, 0.717) is 13.1 Å². The summed E-state index contributed by atoms with van der Waals surface area (Å²) in [5, 5.41) is 0. The zero-order valence-electron chi connectivity index (χ0n) is 11.2. The maximum Gasteiger partial charge on any atom is 0.257 e. The van der Waals surface area contributed by atoms with Gasteiger partial charge < -0.3 is 10.6 Å². The third kappa shape index (κ3) is 3.53. The van der Waals surface area contributed by atoms with Crippen LogP contribution in [0.25, 0.3) is 0 Å². The molecule has 1 amide bonds. The zero-order valence-corrected chi connectivity index (χ0v) is 11.2. The van der Waals surface area contributed by atoms with Gasteiger partial charge in [0.15, 0.2) is 0 Å². The second-order valence-electron chi connectivity index (χ2n) is 4.72. The maximum absolute atomic E-state index is 13.7. The molecule has 4 heteroatoms. The first-order valence-electron chi connectivity index (χ1n) is 6.24. The minimum absolute atomic E-state index is 0.0314. The summed E-state index contributed by atoms with van der Waals surface area (Å²) in [6.07, 6.45) is 0.720. The van der Waals surface area contributed by atoms with Gasteiger partial charge in [0.2, 0.25) is 0 Å². The Labute approximate surface area is 108 Å². The topological polar surface area (TPSA) is 46.3 Å². The molecule has 0 bridgehead atoms. The van der Waals surface area contributed by atoms with E-state index in [1.807, 2.05) is 20.8 Å². The van der Waals surface area contributed by atoms with Crippen LogP contribution in [0.1, 0.15) is 36.2 Å². The Morgan fingerprint density at radius 3 is 2.67 bits per heavy atom. The second kappa shape index (κ2) is 6.50. The van der Waals surface area contributed by atoms with Crippen molar-refractivity contribution in [1.82, 2.24) is 4.90 Å². The van der Waals surface area contributed by atoms with E-state index in [0.717, 1.165) is 12.0 Å². The third-order valence-electron chi connectivity index (χ3n) is 2.84. The van der Waals surface area contributed by atoms with Crippen molar-refractivity contribution >= 4 is 5.91 Å². The molecule has 0 atom stereocenters. The number of hydrogen-bond acceptors (Lipinski definition) is 2. The Balaban J connectivity index is 2.98. The van der Waals surface area contributed by atoms with Crippen molar-refractivity contribution in [3.63, 3.8) is 0 Å².